The number of alkyl halides is 3. The van der Waals surface area contributed by atoms with E-state index in [0.29, 0.717) is 44.0 Å². The highest BCUT2D eigenvalue weighted by molar-refractivity contribution is 7.18. The quantitative estimate of drug-likeness (QED) is 0.603. The Labute approximate surface area is 208 Å². The molecule has 0 radical (unpaired) electrons. The van der Waals surface area contributed by atoms with Gasteiger partial charge >= 0.3 is 6.18 Å². The van der Waals surface area contributed by atoms with Crippen LogP contribution in [0.15, 0.2) is 30.3 Å². The van der Waals surface area contributed by atoms with Crippen molar-refractivity contribution in [1.29, 1.82) is 0 Å². The Balaban J connectivity index is 1.40. The Hall–Kier alpha value is -2.10. The third-order valence-electron chi connectivity index (χ3n) is 7.67. The predicted octanol–water partition coefficient (Wildman–Crippen LogP) is 4.92. The predicted molar refractivity (Wildman–Crippen MR) is 131 cm³/mol. The van der Waals surface area contributed by atoms with E-state index in [0.717, 1.165) is 35.5 Å². The third kappa shape index (κ3) is 5.22. The van der Waals surface area contributed by atoms with Crippen LogP contribution >= 0.6 is 11.3 Å². The van der Waals surface area contributed by atoms with Gasteiger partial charge in [-0.05, 0) is 43.7 Å². The van der Waals surface area contributed by atoms with Gasteiger partial charge in [-0.2, -0.15) is 13.2 Å². The van der Waals surface area contributed by atoms with Crippen LogP contribution < -0.4 is 4.90 Å². The van der Waals surface area contributed by atoms with E-state index in [4.69, 9.17) is 0 Å². The molecule has 2 aliphatic heterocycles. The van der Waals surface area contributed by atoms with Crippen LogP contribution in [0, 0.1) is 6.92 Å². The first-order valence-corrected chi connectivity index (χ1v) is 13.2. The molecule has 1 aromatic carbocycles. The molecule has 5 rings (SSSR count). The number of rotatable bonds is 6. The second-order valence-corrected chi connectivity index (χ2v) is 11.3. The zero-order valence-corrected chi connectivity index (χ0v) is 20.8. The summed E-state index contributed by atoms with van der Waals surface area (Å²) in [6, 6.07) is 10.4. The number of benzene rings is 1. The number of anilines is 1. The molecule has 190 valence electrons. The van der Waals surface area contributed by atoms with E-state index in [2.05, 4.69) is 17.0 Å². The van der Waals surface area contributed by atoms with E-state index < -0.39 is 12.6 Å². The summed E-state index contributed by atoms with van der Waals surface area (Å²) in [6.07, 6.45) is -2.21. The fourth-order valence-corrected chi connectivity index (χ4v) is 6.72. The van der Waals surface area contributed by atoms with Crippen LogP contribution in [0.5, 0.6) is 0 Å². The number of carbonyl (C=O) groups excluding carboxylic acids is 1. The van der Waals surface area contributed by atoms with E-state index >= 15 is 0 Å². The maximum Gasteiger partial charge on any atom is 0.390 e. The fourth-order valence-electron chi connectivity index (χ4n) is 5.42. The molecule has 1 N–H and O–H groups in total. The number of hydrogen-bond donors (Lipinski definition) is 1. The maximum atomic E-state index is 13.3. The number of hydrogen-bond acceptors (Lipinski definition) is 5. The number of likely N-dealkylation sites (tertiary alicyclic amines) is 1. The van der Waals surface area contributed by atoms with Crippen LogP contribution in [-0.2, 0) is 12.0 Å². The van der Waals surface area contributed by atoms with Gasteiger partial charge in [-0.25, -0.2) is 0 Å². The average molecular weight is 508 g/mol. The normalized spacial score (nSPS) is 20.7. The van der Waals surface area contributed by atoms with Gasteiger partial charge in [-0.3, -0.25) is 9.69 Å². The van der Waals surface area contributed by atoms with E-state index in [1.165, 1.54) is 16.9 Å². The number of fused-ring (bicyclic) bond motifs is 1. The summed E-state index contributed by atoms with van der Waals surface area (Å²) in [7, 11) is 0. The standard InChI is InChI=1S/C26H32F3N3O2S/c1-18-21-15-30(16-25(9-10-25)19-5-3-2-4-6-19)17-32(14-11-26(27,28)29)24(21)35-22(18)23(34)31-12-7-20(33)8-13-31/h2-6,20,33H,7-17H2,1H3. The molecule has 0 atom stereocenters. The van der Waals surface area contributed by atoms with Crippen LogP contribution in [0.3, 0.4) is 0 Å². The Kier molecular flexibility index (Phi) is 6.61. The van der Waals surface area contributed by atoms with Gasteiger partial charge in [-0.15, -0.1) is 11.3 Å². The molecule has 1 saturated heterocycles. The lowest BCUT2D eigenvalue weighted by Gasteiger charge is -2.39. The molecule has 3 aliphatic rings. The number of carbonyl (C=O) groups is 1. The zero-order chi connectivity index (χ0) is 24.8. The van der Waals surface area contributed by atoms with Crippen molar-refractivity contribution < 1.29 is 23.1 Å². The Morgan fingerprint density at radius 3 is 2.49 bits per heavy atom. The zero-order valence-electron chi connectivity index (χ0n) is 20.0. The highest BCUT2D eigenvalue weighted by Crippen LogP contribution is 2.50. The summed E-state index contributed by atoms with van der Waals surface area (Å²) >= 11 is 1.33. The largest absolute Gasteiger partial charge is 0.393 e. The summed E-state index contributed by atoms with van der Waals surface area (Å²) in [5.74, 6) is -0.0703. The first kappa shape index (κ1) is 24.6. The van der Waals surface area contributed by atoms with Crippen LogP contribution in [0.1, 0.15) is 58.5 Å². The SMILES string of the molecule is Cc1c(C(=O)N2CCC(O)CC2)sc2c1CN(CC1(c3ccccc3)CC1)CN2CCC(F)(F)F. The van der Waals surface area contributed by atoms with Crippen LogP contribution in [0.4, 0.5) is 18.2 Å². The van der Waals surface area contributed by atoms with Gasteiger partial charge in [0.05, 0.1) is 29.1 Å². The lowest BCUT2D eigenvalue weighted by Crippen LogP contribution is -2.45. The van der Waals surface area contributed by atoms with Gasteiger partial charge in [0.1, 0.15) is 0 Å². The molecule has 1 saturated carbocycles. The van der Waals surface area contributed by atoms with Crippen LogP contribution in [0.2, 0.25) is 0 Å². The molecule has 3 heterocycles. The summed E-state index contributed by atoms with van der Waals surface area (Å²) in [5.41, 5.74) is 3.21. The summed E-state index contributed by atoms with van der Waals surface area (Å²) in [6.45, 7) is 4.69. The van der Waals surface area contributed by atoms with Gasteiger partial charge in [0, 0.05) is 43.7 Å². The number of piperidine rings is 1. The first-order valence-electron chi connectivity index (χ1n) is 12.3. The van der Waals surface area contributed by atoms with Crippen molar-refractivity contribution in [2.45, 2.75) is 63.3 Å². The lowest BCUT2D eigenvalue weighted by atomic mass is 9.95. The van der Waals surface area contributed by atoms with Crippen LogP contribution in [0.25, 0.3) is 0 Å². The van der Waals surface area contributed by atoms with E-state index in [9.17, 15) is 23.1 Å². The third-order valence-corrected chi connectivity index (χ3v) is 9.05. The lowest BCUT2D eigenvalue weighted by molar-refractivity contribution is -0.132. The summed E-state index contributed by atoms with van der Waals surface area (Å²) < 4.78 is 39.5. The molecule has 0 unspecified atom stereocenters. The minimum absolute atomic E-state index is 0.0612. The molecule has 1 aromatic heterocycles. The Morgan fingerprint density at radius 2 is 1.86 bits per heavy atom. The molecule has 35 heavy (non-hydrogen) atoms. The molecule has 0 spiro atoms. The molecule has 2 aromatic rings. The van der Waals surface area contributed by atoms with Gasteiger partial charge < -0.3 is 14.9 Å². The van der Waals surface area contributed by atoms with Gasteiger partial charge in [-0.1, -0.05) is 30.3 Å². The highest BCUT2D eigenvalue weighted by atomic mass is 32.1. The maximum absolute atomic E-state index is 13.3. The Bertz CT molecular complexity index is 1060. The fraction of sp³-hybridized carbons (Fsp3) is 0.577. The second-order valence-electron chi connectivity index (χ2n) is 10.3. The Morgan fingerprint density at radius 1 is 1.17 bits per heavy atom. The molecule has 1 aliphatic carbocycles. The van der Waals surface area contributed by atoms with Crippen molar-refractivity contribution >= 4 is 22.2 Å². The number of aliphatic hydroxyl groups is 1. The topological polar surface area (TPSA) is 47.0 Å². The number of aliphatic hydroxyl groups excluding tert-OH is 1. The minimum atomic E-state index is -4.23. The average Bonchev–Trinajstić information content (AvgIpc) is 3.54. The molecular formula is C26H32F3N3O2S. The number of thiophene rings is 1. The monoisotopic (exact) mass is 507 g/mol. The molecule has 9 heteroatoms. The van der Waals surface area contributed by atoms with Crippen molar-refractivity contribution in [3.05, 3.63) is 51.9 Å². The molecule has 1 amide bonds. The summed E-state index contributed by atoms with van der Waals surface area (Å²) in [4.78, 5) is 19.8. The summed E-state index contributed by atoms with van der Waals surface area (Å²) in [5, 5.41) is 10.6. The number of halogens is 3. The van der Waals surface area contributed by atoms with Gasteiger partial charge in [0.25, 0.3) is 5.91 Å². The van der Waals surface area contributed by atoms with Gasteiger partial charge in [0.15, 0.2) is 0 Å². The van der Waals surface area contributed by atoms with Crippen molar-refractivity contribution in [2.75, 3.05) is 37.7 Å². The van der Waals surface area contributed by atoms with Crippen molar-refractivity contribution in [3.8, 4) is 0 Å². The number of nitrogens with zero attached hydrogens (tertiary/aromatic N) is 3. The first-order chi connectivity index (χ1) is 16.7. The minimum Gasteiger partial charge on any atom is -0.393 e. The van der Waals surface area contributed by atoms with E-state index in [1.807, 2.05) is 30.0 Å². The highest BCUT2D eigenvalue weighted by Gasteiger charge is 2.46. The van der Waals surface area contributed by atoms with Crippen LogP contribution in [-0.4, -0.2) is 65.9 Å². The van der Waals surface area contributed by atoms with Crippen molar-refractivity contribution in [3.63, 3.8) is 0 Å². The van der Waals surface area contributed by atoms with Crippen molar-refractivity contribution in [2.24, 2.45) is 0 Å². The van der Waals surface area contributed by atoms with E-state index in [-0.39, 0.29) is 24.0 Å². The molecule has 0 bridgehead atoms. The van der Waals surface area contributed by atoms with Gasteiger partial charge in [0.2, 0.25) is 0 Å². The molecule has 2 fully saturated rings. The molecular weight excluding hydrogens is 475 g/mol. The van der Waals surface area contributed by atoms with E-state index in [1.54, 1.807) is 4.90 Å². The second kappa shape index (κ2) is 9.41. The number of amides is 1. The smallest absolute Gasteiger partial charge is 0.390 e. The van der Waals surface area contributed by atoms with Crippen molar-refractivity contribution in [1.82, 2.24) is 9.80 Å². The molecule has 5 nitrogen and oxygen atoms in total.